The number of halogens is 1. The second-order valence-corrected chi connectivity index (χ2v) is 6.26. The van der Waals surface area contributed by atoms with Crippen LogP contribution in [0, 0.1) is 0 Å². The molecule has 0 saturated heterocycles. The highest BCUT2D eigenvalue weighted by molar-refractivity contribution is 6.30. The molecule has 0 fully saturated rings. The highest BCUT2D eigenvalue weighted by Gasteiger charge is 2.09. The van der Waals surface area contributed by atoms with Crippen LogP contribution >= 0.6 is 11.6 Å². The zero-order valence-electron chi connectivity index (χ0n) is 14.5. The van der Waals surface area contributed by atoms with Gasteiger partial charge in [-0.1, -0.05) is 11.6 Å². The highest BCUT2D eigenvalue weighted by Crippen LogP contribution is 2.17. The molecule has 2 aromatic carbocycles. The van der Waals surface area contributed by atoms with E-state index >= 15 is 0 Å². The third-order valence-electron chi connectivity index (χ3n) is 3.87. The van der Waals surface area contributed by atoms with Gasteiger partial charge in [0, 0.05) is 29.1 Å². The maximum absolute atomic E-state index is 12.4. The number of hydrogen-bond donors (Lipinski definition) is 1. The Bertz CT molecular complexity index is 887. The fraction of sp³-hybridized carbons (Fsp3) is 0.143. The molecule has 1 N–H and O–H groups in total. The van der Waals surface area contributed by atoms with Gasteiger partial charge in [0.05, 0.1) is 6.26 Å². The summed E-state index contributed by atoms with van der Waals surface area (Å²) < 4.78 is 10.6. The van der Waals surface area contributed by atoms with Gasteiger partial charge < -0.3 is 14.5 Å². The zero-order valence-corrected chi connectivity index (χ0v) is 15.2. The summed E-state index contributed by atoms with van der Waals surface area (Å²) in [6.07, 6.45) is 2.22. The summed E-state index contributed by atoms with van der Waals surface area (Å²) in [6, 6.07) is 17.1. The zero-order chi connectivity index (χ0) is 19.1. The summed E-state index contributed by atoms with van der Waals surface area (Å²) in [4.78, 5) is 24.2. The Balaban J connectivity index is 1.46. The standard InChI is InChI=1S/C21H18ClNO4/c22-17-7-3-15(4-8-17)21(25)16-5-9-19(10-6-16)27-14-20(24)23-12-11-18-2-1-13-26-18/h1-10,13H,11-12,14H2,(H,23,24). The second kappa shape index (κ2) is 9.05. The molecule has 0 aliphatic rings. The van der Waals surface area contributed by atoms with Crippen LogP contribution in [0.4, 0.5) is 0 Å². The van der Waals surface area contributed by atoms with E-state index in [1.807, 2.05) is 12.1 Å². The molecule has 3 aromatic rings. The normalized spacial score (nSPS) is 10.4. The van der Waals surface area contributed by atoms with Crippen LogP contribution in [0.15, 0.2) is 71.3 Å². The summed E-state index contributed by atoms with van der Waals surface area (Å²) in [5, 5.41) is 3.34. The molecule has 0 bridgehead atoms. The molecule has 27 heavy (non-hydrogen) atoms. The molecule has 0 aliphatic carbocycles. The predicted octanol–water partition coefficient (Wildman–Crippen LogP) is 3.90. The lowest BCUT2D eigenvalue weighted by Gasteiger charge is -2.08. The quantitative estimate of drug-likeness (QED) is 0.599. The number of carbonyl (C=O) groups excluding carboxylic acids is 2. The van der Waals surface area contributed by atoms with Crippen molar-refractivity contribution in [3.05, 3.63) is 88.8 Å². The Morgan fingerprint density at radius 3 is 2.26 bits per heavy atom. The van der Waals surface area contributed by atoms with Crippen molar-refractivity contribution >= 4 is 23.3 Å². The molecule has 0 atom stereocenters. The summed E-state index contributed by atoms with van der Waals surface area (Å²) >= 11 is 5.84. The molecule has 5 nitrogen and oxygen atoms in total. The van der Waals surface area contributed by atoms with E-state index in [-0.39, 0.29) is 18.3 Å². The monoisotopic (exact) mass is 383 g/mol. The van der Waals surface area contributed by atoms with Crippen molar-refractivity contribution in [3.63, 3.8) is 0 Å². The maximum atomic E-state index is 12.4. The van der Waals surface area contributed by atoms with Crippen LogP contribution in [0.25, 0.3) is 0 Å². The van der Waals surface area contributed by atoms with Crippen LogP contribution in [0.5, 0.6) is 5.75 Å². The average Bonchev–Trinajstić information content (AvgIpc) is 3.20. The number of rotatable bonds is 8. The number of nitrogens with one attached hydrogen (secondary N) is 1. The first-order valence-corrected chi connectivity index (χ1v) is 8.82. The third kappa shape index (κ3) is 5.46. The third-order valence-corrected chi connectivity index (χ3v) is 4.12. The first-order valence-electron chi connectivity index (χ1n) is 8.44. The van der Waals surface area contributed by atoms with Crippen LogP contribution in [-0.4, -0.2) is 24.8 Å². The largest absolute Gasteiger partial charge is 0.484 e. The Kier molecular flexibility index (Phi) is 6.28. The fourth-order valence-corrected chi connectivity index (χ4v) is 2.58. The molecule has 0 spiro atoms. The molecule has 0 aliphatic heterocycles. The van der Waals surface area contributed by atoms with Gasteiger partial charge in [0.1, 0.15) is 11.5 Å². The fourth-order valence-electron chi connectivity index (χ4n) is 2.45. The van der Waals surface area contributed by atoms with Gasteiger partial charge in [-0.2, -0.15) is 0 Å². The minimum atomic E-state index is -0.220. The first kappa shape index (κ1) is 18.7. The van der Waals surface area contributed by atoms with E-state index in [2.05, 4.69) is 5.32 Å². The number of furan rings is 1. The van der Waals surface area contributed by atoms with Crippen molar-refractivity contribution in [1.82, 2.24) is 5.32 Å². The molecular formula is C21H18ClNO4. The van der Waals surface area contributed by atoms with Gasteiger partial charge >= 0.3 is 0 Å². The molecule has 0 radical (unpaired) electrons. The molecule has 0 unspecified atom stereocenters. The number of amides is 1. The van der Waals surface area contributed by atoms with E-state index in [1.54, 1.807) is 54.8 Å². The summed E-state index contributed by atoms with van der Waals surface area (Å²) in [5.74, 6) is 1.01. The van der Waals surface area contributed by atoms with Gasteiger partial charge in [0.2, 0.25) is 0 Å². The van der Waals surface area contributed by atoms with Crippen LogP contribution in [0.2, 0.25) is 5.02 Å². The summed E-state index contributed by atoms with van der Waals surface area (Å²) in [6.45, 7) is 0.382. The number of ketones is 1. The Morgan fingerprint density at radius 1 is 0.963 bits per heavy atom. The second-order valence-electron chi connectivity index (χ2n) is 5.83. The van der Waals surface area contributed by atoms with Crippen LogP contribution in [0.3, 0.4) is 0 Å². The van der Waals surface area contributed by atoms with Gasteiger partial charge in [-0.25, -0.2) is 0 Å². The number of benzene rings is 2. The van der Waals surface area contributed by atoms with E-state index in [4.69, 9.17) is 20.8 Å². The van der Waals surface area contributed by atoms with Gasteiger partial charge in [-0.15, -0.1) is 0 Å². The van der Waals surface area contributed by atoms with Gasteiger partial charge in [-0.3, -0.25) is 9.59 Å². The van der Waals surface area contributed by atoms with Gasteiger partial charge in [-0.05, 0) is 60.7 Å². The lowest BCUT2D eigenvalue weighted by atomic mass is 10.0. The van der Waals surface area contributed by atoms with Crippen molar-refractivity contribution in [2.75, 3.05) is 13.2 Å². The van der Waals surface area contributed by atoms with E-state index in [1.165, 1.54) is 0 Å². The number of carbonyl (C=O) groups is 2. The molecule has 1 heterocycles. The SMILES string of the molecule is O=C(COc1ccc(C(=O)c2ccc(Cl)cc2)cc1)NCCc1ccco1. The maximum Gasteiger partial charge on any atom is 0.257 e. The van der Waals surface area contributed by atoms with Crippen LogP contribution < -0.4 is 10.1 Å². The average molecular weight is 384 g/mol. The first-order chi connectivity index (χ1) is 13.1. The van der Waals surface area contributed by atoms with Crippen LogP contribution in [0.1, 0.15) is 21.7 Å². The summed E-state index contributed by atoms with van der Waals surface area (Å²) in [7, 11) is 0. The smallest absolute Gasteiger partial charge is 0.257 e. The lowest BCUT2D eigenvalue weighted by Crippen LogP contribution is -2.30. The van der Waals surface area contributed by atoms with Crippen molar-refractivity contribution in [3.8, 4) is 5.75 Å². The Labute approximate surface area is 161 Å². The molecule has 3 rings (SSSR count). The van der Waals surface area contributed by atoms with Gasteiger partial charge in [0.25, 0.3) is 5.91 Å². The summed E-state index contributed by atoms with van der Waals surface area (Å²) in [5.41, 5.74) is 1.09. The lowest BCUT2D eigenvalue weighted by molar-refractivity contribution is -0.123. The van der Waals surface area contributed by atoms with Crippen molar-refractivity contribution < 1.29 is 18.7 Å². The minimum absolute atomic E-state index is 0.0946. The number of ether oxygens (including phenoxy) is 1. The highest BCUT2D eigenvalue weighted by atomic mass is 35.5. The van der Waals surface area contributed by atoms with Gasteiger partial charge in [0.15, 0.2) is 12.4 Å². The molecule has 1 amide bonds. The molecular weight excluding hydrogens is 366 g/mol. The topological polar surface area (TPSA) is 68.5 Å². The van der Waals surface area contributed by atoms with Crippen LogP contribution in [-0.2, 0) is 11.2 Å². The molecule has 6 heteroatoms. The van der Waals surface area contributed by atoms with E-state index in [0.717, 1.165) is 5.76 Å². The van der Waals surface area contributed by atoms with Crippen molar-refractivity contribution in [2.24, 2.45) is 0 Å². The van der Waals surface area contributed by atoms with E-state index in [9.17, 15) is 9.59 Å². The Hall–Kier alpha value is -3.05. The molecule has 138 valence electrons. The predicted molar refractivity (Wildman–Crippen MR) is 102 cm³/mol. The Morgan fingerprint density at radius 2 is 1.63 bits per heavy atom. The van der Waals surface area contributed by atoms with E-state index < -0.39 is 0 Å². The van der Waals surface area contributed by atoms with Crippen molar-refractivity contribution in [2.45, 2.75) is 6.42 Å². The van der Waals surface area contributed by atoms with Crippen molar-refractivity contribution in [1.29, 1.82) is 0 Å². The van der Waals surface area contributed by atoms with E-state index in [0.29, 0.717) is 34.9 Å². The molecule has 1 aromatic heterocycles. The number of hydrogen-bond acceptors (Lipinski definition) is 4. The molecule has 0 saturated carbocycles. The minimum Gasteiger partial charge on any atom is -0.484 e.